The summed E-state index contributed by atoms with van der Waals surface area (Å²) in [5, 5.41) is -0.0506. The van der Waals surface area contributed by atoms with E-state index < -0.39 is 19.9 Å². The molecule has 0 radical (unpaired) electrons. The summed E-state index contributed by atoms with van der Waals surface area (Å²) in [5.41, 5.74) is 0. The van der Waals surface area contributed by atoms with E-state index in [2.05, 4.69) is 0 Å². The highest BCUT2D eigenvalue weighted by Crippen LogP contribution is 2.27. The van der Waals surface area contributed by atoms with Crippen LogP contribution >= 0.6 is 11.6 Å². The maximum Gasteiger partial charge on any atom is 0.244 e. The lowest BCUT2D eigenvalue weighted by atomic mass is 10.3. The van der Waals surface area contributed by atoms with Crippen molar-refractivity contribution in [2.75, 3.05) is 33.6 Å². The molecule has 27 heavy (non-hydrogen) atoms. The Morgan fingerprint density at radius 2 is 1.59 bits per heavy atom. The minimum atomic E-state index is -3.98. The van der Waals surface area contributed by atoms with Crippen LogP contribution in [0.5, 0.6) is 11.5 Å². The molecule has 7 nitrogen and oxygen atoms in total. The Morgan fingerprint density at radius 3 is 2.15 bits per heavy atom. The van der Waals surface area contributed by atoms with Crippen LogP contribution in [0.15, 0.2) is 52.3 Å². The molecule has 2 aromatic rings. The summed E-state index contributed by atoms with van der Waals surface area (Å²) in [6.07, 6.45) is 0.999. The molecule has 0 aliphatic heterocycles. The van der Waals surface area contributed by atoms with Gasteiger partial charge in [0.1, 0.15) is 23.0 Å². The van der Waals surface area contributed by atoms with Crippen molar-refractivity contribution < 1.29 is 26.3 Å². The highest BCUT2D eigenvalue weighted by atomic mass is 35.5. The zero-order valence-corrected chi connectivity index (χ0v) is 17.4. The van der Waals surface area contributed by atoms with E-state index in [-0.39, 0.29) is 28.0 Å². The monoisotopic (exact) mass is 433 g/mol. The third-order valence-corrected chi connectivity index (χ3v) is 7.20. The number of nitrogens with zero attached hydrogens (tertiary/aromatic N) is 1. The summed E-state index contributed by atoms with van der Waals surface area (Å²) >= 11 is 5.99. The number of sulfone groups is 1. The molecular formula is C17H20ClNO6S2. The number of halogens is 1. The number of sulfonamides is 1. The molecule has 2 rings (SSSR count). The highest BCUT2D eigenvalue weighted by Gasteiger charge is 2.25. The minimum Gasteiger partial charge on any atom is -0.497 e. The van der Waals surface area contributed by atoms with Gasteiger partial charge in [-0.25, -0.2) is 16.8 Å². The van der Waals surface area contributed by atoms with Crippen LogP contribution in [0.1, 0.15) is 0 Å². The average Bonchev–Trinajstić information content (AvgIpc) is 2.61. The molecule has 0 aromatic heterocycles. The van der Waals surface area contributed by atoms with Crippen molar-refractivity contribution in [3.8, 4) is 11.5 Å². The summed E-state index contributed by atoms with van der Waals surface area (Å²) < 4.78 is 60.5. The highest BCUT2D eigenvalue weighted by molar-refractivity contribution is 7.91. The lowest BCUT2D eigenvalue weighted by molar-refractivity contribution is 0.286. The van der Waals surface area contributed by atoms with Gasteiger partial charge in [0.25, 0.3) is 0 Å². The van der Waals surface area contributed by atoms with Crippen molar-refractivity contribution in [3.05, 3.63) is 47.5 Å². The van der Waals surface area contributed by atoms with Crippen LogP contribution in [0.2, 0.25) is 5.02 Å². The zero-order valence-electron chi connectivity index (χ0n) is 15.0. The Balaban J connectivity index is 2.11. The Hall–Kier alpha value is -1.81. The van der Waals surface area contributed by atoms with E-state index in [1.807, 2.05) is 0 Å². The molecule has 148 valence electrons. The third kappa shape index (κ3) is 5.35. The third-order valence-electron chi connectivity index (χ3n) is 3.75. The Kier molecular flexibility index (Phi) is 6.74. The summed E-state index contributed by atoms with van der Waals surface area (Å²) in [7, 11) is -4.62. The van der Waals surface area contributed by atoms with Crippen LogP contribution < -0.4 is 9.47 Å². The molecule has 0 heterocycles. The van der Waals surface area contributed by atoms with E-state index in [0.717, 1.165) is 16.6 Å². The summed E-state index contributed by atoms with van der Waals surface area (Å²) in [5.74, 6) is 1.25. The Bertz CT molecular complexity index is 1000. The lowest BCUT2D eigenvalue weighted by Crippen LogP contribution is -2.31. The smallest absolute Gasteiger partial charge is 0.244 e. The first-order valence-corrected chi connectivity index (χ1v) is 11.5. The number of methoxy groups -OCH3 is 1. The molecule has 0 unspecified atom stereocenters. The quantitative estimate of drug-likeness (QED) is 0.635. The molecular weight excluding hydrogens is 414 g/mol. The second kappa shape index (κ2) is 8.47. The van der Waals surface area contributed by atoms with E-state index in [9.17, 15) is 16.8 Å². The Labute approximate surface area is 164 Å². The fraction of sp³-hybridized carbons (Fsp3) is 0.294. The standard InChI is InChI=1S/C17H20ClNO6S2/c1-19(10-11-25-14-6-4-13(24-2)5-7-14)27(22,23)17-12-15(26(3,20)21)8-9-16(17)18/h4-9,12H,10-11H2,1-3H3. The molecule has 0 atom stereocenters. The van der Waals surface area contributed by atoms with E-state index in [1.165, 1.54) is 19.2 Å². The molecule has 0 saturated heterocycles. The minimum absolute atomic E-state index is 0.0494. The molecule has 2 aromatic carbocycles. The van der Waals surface area contributed by atoms with Gasteiger partial charge in [0.2, 0.25) is 10.0 Å². The van der Waals surface area contributed by atoms with E-state index in [1.54, 1.807) is 31.4 Å². The average molecular weight is 434 g/mol. The number of rotatable bonds is 8. The van der Waals surface area contributed by atoms with Gasteiger partial charge in [-0.2, -0.15) is 4.31 Å². The second-order valence-corrected chi connectivity index (χ2v) is 10.2. The van der Waals surface area contributed by atoms with Gasteiger partial charge >= 0.3 is 0 Å². The second-order valence-electron chi connectivity index (χ2n) is 5.71. The van der Waals surface area contributed by atoms with E-state index in [4.69, 9.17) is 21.1 Å². The van der Waals surface area contributed by atoms with Crippen LogP contribution in [-0.2, 0) is 19.9 Å². The van der Waals surface area contributed by atoms with Crippen LogP contribution in [0.25, 0.3) is 0 Å². The van der Waals surface area contributed by atoms with Gasteiger partial charge in [0.15, 0.2) is 9.84 Å². The van der Waals surface area contributed by atoms with Crippen molar-refractivity contribution in [1.29, 1.82) is 0 Å². The molecule has 0 spiro atoms. The van der Waals surface area contributed by atoms with E-state index >= 15 is 0 Å². The first kappa shape index (κ1) is 21.5. The van der Waals surface area contributed by atoms with Gasteiger partial charge in [0, 0.05) is 19.8 Å². The molecule has 0 saturated carbocycles. The van der Waals surface area contributed by atoms with Crippen LogP contribution in [0.3, 0.4) is 0 Å². The molecule has 10 heteroatoms. The predicted octanol–water partition coefficient (Wildman–Crippen LogP) is 2.45. The number of ether oxygens (including phenoxy) is 2. The number of hydrogen-bond donors (Lipinski definition) is 0. The zero-order chi connectivity index (χ0) is 20.2. The molecule has 0 aliphatic rings. The maximum atomic E-state index is 12.7. The molecule has 0 fully saturated rings. The normalized spacial score (nSPS) is 12.2. The topological polar surface area (TPSA) is 90.0 Å². The van der Waals surface area contributed by atoms with Crippen molar-refractivity contribution in [1.82, 2.24) is 4.31 Å². The summed E-state index contributed by atoms with van der Waals surface area (Å²) in [4.78, 5) is -0.382. The number of benzene rings is 2. The van der Waals surface area contributed by atoms with Gasteiger partial charge in [0.05, 0.1) is 17.0 Å². The number of likely N-dealkylation sites (N-methyl/N-ethyl adjacent to an activating group) is 1. The fourth-order valence-electron chi connectivity index (χ4n) is 2.16. The summed E-state index contributed by atoms with van der Waals surface area (Å²) in [6.45, 7) is 0.152. The van der Waals surface area contributed by atoms with Crippen molar-refractivity contribution in [2.45, 2.75) is 9.79 Å². The van der Waals surface area contributed by atoms with Gasteiger partial charge in [-0.1, -0.05) is 11.6 Å². The lowest BCUT2D eigenvalue weighted by Gasteiger charge is -2.18. The van der Waals surface area contributed by atoms with Gasteiger partial charge in [-0.15, -0.1) is 0 Å². The summed E-state index contributed by atoms with van der Waals surface area (Å²) in [6, 6.07) is 10.5. The largest absolute Gasteiger partial charge is 0.497 e. The number of hydrogen-bond acceptors (Lipinski definition) is 6. The molecule has 0 bridgehead atoms. The van der Waals surface area contributed by atoms with Crippen LogP contribution in [0.4, 0.5) is 0 Å². The first-order chi connectivity index (χ1) is 12.6. The molecule has 0 N–H and O–H groups in total. The fourth-order valence-corrected chi connectivity index (χ4v) is 4.54. The van der Waals surface area contributed by atoms with Crippen LogP contribution in [0, 0.1) is 0 Å². The predicted molar refractivity (Wildman–Crippen MR) is 103 cm³/mol. The Morgan fingerprint density at radius 1 is 1.00 bits per heavy atom. The maximum absolute atomic E-state index is 12.7. The van der Waals surface area contributed by atoms with Crippen molar-refractivity contribution in [3.63, 3.8) is 0 Å². The SMILES string of the molecule is COc1ccc(OCCN(C)S(=O)(=O)c2cc(S(C)(=O)=O)ccc2Cl)cc1. The first-order valence-electron chi connectivity index (χ1n) is 7.78. The van der Waals surface area contributed by atoms with Crippen LogP contribution in [-0.4, -0.2) is 54.7 Å². The van der Waals surface area contributed by atoms with Gasteiger partial charge < -0.3 is 9.47 Å². The van der Waals surface area contributed by atoms with Crippen molar-refractivity contribution >= 4 is 31.5 Å². The molecule has 0 amide bonds. The van der Waals surface area contributed by atoms with Crippen molar-refractivity contribution in [2.24, 2.45) is 0 Å². The van der Waals surface area contributed by atoms with Gasteiger partial charge in [-0.3, -0.25) is 0 Å². The van der Waals surface area contributed by atoms with E-state index in [0.29, 0.717) is 11.5 Å². The van der Waals surface area contributed by atoms with Gasteiger partial charge in [-0.05, 0) is 42.5 Å². The molecule has 0 aliphatic carbocycles.